The Balaban J connectivity index is 1.67. The molecule has 6 aromatic rings. The fraction of sp³-hybridized carbons (Fsp3) is 0.175. The first kappa shape index (κ1) is 31.3. The molecule has 0 aliphatic heterocycles. The summed E-state index contributed by atoms with van der Waals surface area (Å²) in [5, 5.41) is 0.938. The Morgan fingerprint density at radius 2 is 1.00 bits per heavy atom. The van der Waals surface area contributed by atoms with Crippen LogP contribution in [0.4, 0.5) is 0 Å². The van der Waals surface area contributed by atoms with Gasteiger partial charge >= 0.3 is 0 Å². The second-order valence-electron chi connectivity index (χ2n) is 11.0. The molecule has 7 nitrogen and oxygen atoms in total. The number of benzene rings is 5. The highest BCUT2D eigenvalue weighted by molar-refractivity contribution is 6.19. The number of hydrogen-bond donors (Lipinski definition) is 0. The molecule has 5 aromatic carbocycles. The summed E-state index contributed by atoms with van der Waals surface area (Å²) in [5.41, 5.74) is 6.77. The van der Waals surface area contributed by atoms with E-state index in [1.807, 2.05) is 91.0 Å². The summed E-state index contributed by atoms with van der Waals surface area (Å²) in [6, 6.07) is 35.1. The number of aryl methyl sites for hydroxylation is 2. The molecule has 0 unspecified atom stereocenters. The molecule has 238 valence electrons. The van der Waals surface area contributed by atoms with E-state index in [9.17, 15) is 4.79 Å². The summed E-state index contributed by atoms with van der Waals surface area (Å²) in [5.74, 6) is 3.58. The van der Waals surface area contributed by atoms with Gasteiger partial charge in [0.1, 0.15) is 28.7 Å². The SMILES string of the molecule is COc1ccc(CCn2c(C(=O)c3ccc(OC)cc3)c(-c3ccc(OC)cc3)c3ccc(OC)c(-c4ccc(OC)cc4)c32)cc1. The first-order valence-corrected chi connectivity index (χ1v) is 15.3. The first-order valence-electron chi connectivity index (χ1n) is 15.3. The van der Waals surface area contributed by atoms with Gasteiger partial charge in [0.2, 0.25) is 5.78 Å². The minimum Gasteiger partial charge on any atom is -0.497 e. The second-order valence-corrected chi connectivity index (χ2v) is 11.0. The van der Waals surface area contributed by atoms with E-state index in [0.29, 0.717) is 35.7 Å². The maximum absolute atomic E-state index is 14.8. The molecule has 0 saturated heterocycles. The molecule has 0 spiro atoms. The topological polar surface area (TPSA) is 68.2 Å². The monoisotopic (exact) mass is 627 g/mol. The zero-order chi connectivity index (χ0) is 32.9. The van der Waals surface area contributed by atoms with Crippen LogP contribution in [0.2, 0.25) is 0 Å². The van der Waals surface area contributed by atoms with Crippen molar-refractivity contribution in [1.29, 1.82) is 0 Å². The summed E-state index contributed by atoms with van der Waals surface area (Å²) in [6.07, 6.45) is 0.679. The summed E-state index contributed by atoms with van der Waals surface area (Å²) in [4.78, 5) is 14.8. The highest BCUT2D eigenvalue weighted by atomic mass is 16.5. The Bertz CT molecular complexity index is 1990. The molecule has 0 N–H and O–H groups in total. The summed E-state index contributed by atoms with van der Waals surface area (Å²) < 4.78 is 29.9. The van der Waals surface area contributed by atoms with Crippen molar-refractivity contribution in [3.8, 4) is 51.0 Å². The molecular weight excluding hydrogens is 590 g/mol. The van der Waals surface area contributed by atoms with E-state index in [1.54, 1.807) is 35.5 Å². The summed E-state index contributed by atoms with van der Waals surface area (Å²) >= 11 is 0. The van der Waals surface area contributed by atoms with Crippen LogP contribution < -0.4 is 23.7 Å². The van der Waals surface area contributed by atoms with Gasteiger partial charge in [-0.3, -0.25) is 4.79 Å². The minimum absolute atomic E-state index is 0.0935. The lowest BCUT2D eigenvalue weighted by Crippen LogP contribution is -2.13. The maximum Gasteiger partial charge on any atom is 0.210 e. The van der Waals surface area contributed by atoms with E-state index < -0.39 is 0 Å². The van der Waals surface area contributed by atoms with Crippen molar-refractivity contribution in [2.45, 2.75) is 13.0 Å². The van der Waals surface area contributed by atoms with Crippen LogP contribution in [0.25, 0.3) is 33.2 Å². The number of aromatic nitrogens is 1. The van der Waals surface area contributed by atoms with Crippen LogP contribution in [0.5, 0.6) is 28.7 Å². The molecule has 0 radical (unpaired) electrons. The quantitative estimate of drug-likeness (QED) is 0.127. The van der Waals surface area contributed by atoms with Crippen LogP contribution in [-0.2, 0) is 13.0 Å². The normalized spacial score (nSPS) is 10.9. The number of fused-ring (bicyclic) bond motifs is 1. The Labute approximate surface area is 274 Å². The molecule has 1 heterocycles. The highest BCUT2D eigenvalue weighted by Gasteiger charge is 2.28. The zero-order valence-corrected chi connectivity index (χ0v) is 27.2. The lowest BCUT2D eigenvalue weighted by atomic mass is 9.95. The number of rotatable bonds is 12. The number of nitrogens with zero attached hydrogens (tertiary/aromatic N) is 1. The number of methoxy groups -OCH3 is 5. The largest absolute Gasteiger partial charge is 0.497 e. The molecule has 0 bridgehead atoms. The molecule has 47 heavy (non-hydrogen) atoms. The number of ether oxygens (including phenoxy) is 5. The number of carbonyl (C=O) groups excluding carboxylic acids is 1. The molecular formula is C40H37NO6. The third-order valence-electron chi connectivity index (χ3n) is 8.51. The minimum atomic E-state index is -0.0935. The van der Waals surface area contributed by atoms with Crippen molar-refractivity contribution < 1.29 is 28.5 Å². The van der Waals surface area contributed by atoms with Crippen molar-refractivity contribution in [2.75, 3.05) is 35.5 Å². The summed E-state index contributed by atoms with van der Waals surface area (Å²) in [6.45, 7) is 0.534. The van der Waals surface area contributed by atoms with Gasteiger partial charge in [0, 0.05) is 28.6 Å². The fourth-order valence-corrected chi connectivity index (χ4v) is 6.06. The van der Waals surface area contributed by atoms with Crippen molar-refractivity contribution >= 4 is 16.7 Å². The van der Waals surface area contributed by atoms with Gasteiger partial charge in [-0.1, -0.05) is 36.4 Å². The lowest BCUT2D eigenvalue weighted by Gasteiger charge is -2.16. The highest BCUT2D eigenvalue weighted by Crippen LogP contribution is 2.45. The number of carbonyl (C=O) groups is 1. The van der Waals surface area contributed by atoms with Crippen molar-refractivity contribution in [2.24, 2.45) is 0 Å². The van der Waals surface area contributed by atoms with Crippen LogP contribution in [0.15, 0.2) is 109 Å². The molecule has 0 fully saturated rings. The van der Waals surface area contributed by atoms with Crippen LogP contribution in [-0.4, -0.2) is 45.9 Å². The van der Waals surface area contributed by atoms with Crippen LogP contribution in [0.3, 0.4) is 0 Å². The molecule has 0 aliphatic carbocycles. The predicted octanol–water partition coefficient (Wildman–Crippen LogP) is 8.49. The Kier molecular flexibility index (Phi) is 9.16. The molecule has 0 aliphatic rings. The Hall–Kier alpha value is -5.69. The van der Waals surface area contributed by atoms with E-state index in [1.165, 1.54) is 0 Å². The molecule has 0 atom stereocenters. The van der Waals surface area contributed by atoms with Gasteiger partial charge in [0.25, 0.3) is 0 Å². The van der Waals surface area contributed by atoms with Gasteiger partial charge in [-0.15, -0.1) is 0 Å². The Morgan fingerprint density at radius 3 is 1.49 bits per heavy atom. The van der Waals surface area contributed by atoms with E-state index in [2.05, 4.69) is 22.8 Å². The third kappa shape index (κ3) is 6.12. The van der Waals surface area contributed by atoms with E-state index in [-0.39, 0.29) is 5.78 Å². The zero-order valence-electron chi connectivity index (χ0n) is 27.2. The first-order chi connectivity index (χ1) is 23.0. The number of hydrogen-bond acceptors (Lipinski definition) is 6. The van der Waals surface area contributed by atoms with Crippen molar-refractivity contribution in [1.82, 2.24) is 4.57 Å². The maximum atomic E-state index is 14.8. The van der Waals surface area contributed by atoms with E-state index >= 15 is 0 Å². The second kappa shape index (κ2) is 13.7. The van der Waals surface area contributed by atoms with Gasteiger partial charge < -0.3 is 28.3 Å². The predicted molar refractivity (Wildman–Crippen MR) is 186 cm³/mol. The smallest absolute Gasteiger partial charge is 0.210 e. The lowest BCUT2D eigenvalue weighted by molar-refractivity contribution is 0.103. The molecule has 0 amide bonds. The average Bonchev–Trinajstić information content (AvgIpc) is 3.47. The van der Waals surface area contributed by atoms with Crippen LogP contribution in [0, 0.1) is 0 Å². The molecule has 1 aromatic heterocycles. The van der Waals surface area contributed by atoms with Crippen LogP contribution >= 0.6 is 0 Å². The average molecular weight is 628 g/mol. The molecule has 6 rings (SSSR count). The van der Waals surface area contributed by atoms with Gasteiger partial charge in [0.05, 0.1) is 46.8 Å². The van der Waals surface area contributed by atoms with Crippen molar-refractivity contribution in [3.63, 3.8) is 0 Å². The van der Waals surface area contributed by atoms with Gasteiger partial charge in [-0.05, 0) is 95.9 Å². The van der Waals surface area contributed by atoms with Gasteiger partial charge in [-0.25, -0.2) is 0 Å². The van der Waals surface area contributed by atoms with Gasteiger partial charge in [0.15, 0.2) is 0 Å². The summed E-state index contributed by atoms with van der Waals surface area (Å²) in [7, 11) is 8.24. The molecule has 7 heteroatoms. The standard InChI is InChI=1S/C40H37NO6/c1-43-30-14-6-26(7-15-30)24-25-41-38-34(22-23-35(47-5)37(38)28-10-18-32(45-3)19-11-28)36(27-8-16-31(44-2)17-9-27)39(41)40(42)29-12-20-33(46-4)21-13-29/h6-23H,24-25H2,1-5H3. The fourth-order valence-electron chi connectivity index (χ4n) is 6.06. The van der Waals surface area contributed by atoms with Crippen molar-refractivity contribution in [3.05, 3.63) is 126 Å². The van der Waals surface area contributed by atoms with E-state index in [4.69, 9.17) is 23.7 Å². The number of ketones is 1. The van der Waals surface area contributed by atoms with Crippen LogP contribution in [0.1, 0.15) is 21.6 Å². The van der Waals surface area contributed by atoms with Gasteiger partial charge in [-0.2, -0.15) is 0 Å². The van der Waals surface area contributed by atoms with E-state index in [0.717, 1.165) is 56.0 Å². The molecule has 0 saturated carbocycles. The third-order valence-corrected chi connectivity index (χ3v) is 8.51. The Morgan fingerprint density at radius 1 is 0.532 bits per heavy atom.